The van der Waals surface area contributed by atoms with Gasteiger partial charge >= 0.3 is 0 Å². The summed E-state index contributed by atoms with van der Waals surface area (Å²) >= 11 is 0. The van der Waals surface area contributed by atoms with E-state index < -0.39 is 9.84 Å². The van der Waals surface area contributed by atoms with Crippen LogP contribution in [0.4, 0.5) is 0 Å². The minimum Gasteiger partial charge on any atom is -0.266 e. The summed E-state index contributed by atoms with van der Waals surface area (Å²) < 4.78 is 28.0. The first-order valence-corrected chi connectivity index (χ1v) is 10.1. The minimum absolute atomic E-state index is 0.134. The van der Waals surface area contributed by atoms with Crippen molar-refractivity contribution in [2.24, 2.45) is 7.05 Å². The predicted molar refractivity (Wildman–Crippen MR) is 101 cm³/mol. The number of benzene rings is 2. The van der Waals surface area contributed by atoms with Crippen LogP contribution in [0.5, 0.6) is 0 Å². The van der Waals surface area contributed by atoms with Gasteiger partial charge in [-0.15, -0.1) is 0 Å². The molecule has 0 saturated carbocycles. The maximum absolute atomic E-state index is 13.1. The molecule has 0 unspecified atom stereocenters. The fourth-order valence-corrected chi connectivity index (χ4v) is 4.80. The van der Waals surface area contributed by atoms with Gasteiger partial charge in [-0.1, -0.05) is 74.0 Å². The topological polar surface area (TPSA) is 52.0 Å². The third-order valence-electron chi connectivity index (χ3n) is 4.18. The maximum atomic E-state index is 13.1. The third-order valence-corrected chi connectivity index (χ3v) is 6.01. The molecule has 1 heterocycles. The van der Waals surface area contributed by atoms with Crippen LogP contribution in [-0.2, 0) is 16.9 Å². The second kappa shape index (κ2) is 7.23. The molecule has 3 rings (SSSR count). The molecule has 1 aromatic heterocycles. The van der Waals surface area contributed by atoms with Crippen molar-refractivity contribution in [2.45, 2.75) is 24.7 Å². The highest BCUT2D eigenvalue weighted by Gasteiger charge is 2.29. The molecule has 0 saturated heterocycles. The Hall–Kier alpha value is -2.40. The van der Waals surface area contributed by atoms with Crippen LogP contribution in [0.25, 0.3) is 22.5 Å². The molecule has 25 heavy (non-hydrogen) atoms. The van der Waals surface area contributed by atoms with Crippen LogP contribution in [0.1, 0.15) is 19.8 Å². The van der Waals surface area contributed by atoms with Crippen molar-refractivity contribution in [3.63, 3.8) is 0 Å². The summed E-state index contributed by atoms with van der Waals surface area (Å²) in [6.45, 7) is 2.00. The van der Waals surface area contributed by atoms with E-state index in [0.717, 1.165) is 17.5 Å². The van der Waals surface area contributed by atoms with E-state index in [0.29, 0.717) is 22.7 Å². The van der Waals surface area contributed by atoms with E-state index in [1.807, 2.05) is 67.6 Å². The SMILES string of the molecule is CCCCS(=O)(=O)c1c(-c2ccccc2)nn(C)c1-c1ccccc1. The van der Waals surface area contributed by atoms with Gasteiger partial charge in [0.1, 0.15) is 10.6 Å². The first kappa shape index (κ1) is 17.4. The number of rotatable bonds is 6. The molecule has 0 spiro atoms. The zero-order chi connectivity index (χ0) is 17.9. The van der Waals surface area contributed by atoms with Gasteiger partial charge in [0.05, 0.1) is 11.4 Å². The first-order valence-electron chi connectivity index (χ1n) is 8.45. The first-order chi connectivity index (χ1) is 12.0. The van der Waals surface area contributed by atoms with E-state index in [4.69, 9.17) is 0 Å². The van der Waals surface area contributed by atoms with E-state index >= 15 is 0 Å². The van der Waals surface area contributed by atoms with Crippen LogP contribution in [0.3, 0.4) is 0 Å². The summed E-state index contributed by atoms with van der Waals surface area (Å²) in [5.41, 5.74) is 2.85. The van der Waals surface area contributed by atoms with Crippen LogP contribution in [0, 0.1) is 0 Å². The van der Waals surface area contributed by atoms with Crippen molar-refractivity contribution in [3.8, 4) is 22.5 Å². The van der Waals surface area contributed by atoms with E-state index in [1.54, 1.807) is 11.7 Å². The molecule has 0 aliphatic rings. The molecule has 2 aromatic carbocycles. The smallest absolute Gasteiger partial charge is 0.182 e. The van der Waals surface area contributed by atoms with Gasteiger partial charge in [0.25, 0.3) is 0 Å². The lowest BCUT2D eigenvalue weighted by Crippen LogP contribution is -2.09. The predicted octanol–water partition coefficient (Wildman–Crippen LogP) is 4.33. The fraction of sp³-hybridized carbons (Fsp3) is 0.250. The lowest BCUT2D eigenvalue weighted by Gasteiger charge is -2.09. The van der Waals surface area contributed by atoms with Gasteiger partial charge in [-0.2, -0.15) is 5.10 Å². The number of hydrogen-bond acceptors (Lipinski definition) is 3. The van der Waals surface area contributed by atoms with Gasteiger partial charge in [0.15, 0.2) is 9.84 Å². The van der Waals surface area contributed by atoms with Crippen LogP contribution in [0.2, 0.25) is 0 Å². The highest BCUT2D eigenvalue weighted by Crippen LogP contribution is 2.36. The Labute approximate surface area is 149 Å². The summed E-state index contributed by atoms with van der Waals surface area (Å²) in [6.07, 6.45) is 1.47. The molecule has 0 atom stereocenters. The molecule has 0 aliphatic heterocycles. The number of unbranched alkanes of at least 4 members (excludes halogenated alkanes) is 1. The van der Waals surface area contributed by atoms with Crippen LogP contribution < -0.4 is 0 Å². The molecule has 5 heteroatoms. The molecule has 0 radical (unpaired) electrons. The van der Waals surface area contributed by atoms with Crippen LogP contribution in [0.15, 0.2) is 65.6 Å². The van der Waals surface area contributed by atoms with Crippen molar-refractivity contribution in [1.82, 2.24) is 9.78 Å². The standard InChI is InChI=1S/C20H22N2O2S/c1-3-4-15-25(23,24)20-18(16-11-7-5-8-12-16)21-22(2)19(20)17-13-9-6-10-14-17/h5-14H,3-4,15H2,1-2H3. The Morgan fingerprint density at radius 1 is 0.920 bits per heavy atom. The summed E-state index contributed by atoms with van der Waals surface area (Å²) in [5.74, 6) is 0.134. The maximum Gasteiger partial charge on any atom is 0.182 e. The van der Waals surface area contributed by atoms with Crippen molar-refractivity contribution >= 4 is 9.84 Å². The molecule has 0 N–H and O–H groups in total. The molecular formula is C20H22N2O2S. The Bertz CT molecular complexity index is 946. The van der Waals surface area contributed by atoms with Gasteiger partial charge in [-0.05, 0) is 6.42 Å². The van der Waals surface area contributed by atoms with Gasteiger partial charge in [-0.3, -0.25) is 4.68 Å². The summed E-state index contributed by atoms with van der Waals surface area (Å²) in [6, 6.07) is 19.1. The average molecular weight is 354 g/mol. The molecule has 0 aliphatic carbocycles. The van der Waals surface area contributed by atoms with Crippen LogP contribution >= 0.6 is 0 Å². The third kappa shape index (κ3) is 3.51. The Morgan fingerprint density at radius 2 is 1.48 bits per heavy atom. The van der Waals surface area contributed by atoms with Gasteiger partial charge in [0, 0.05) is 18.2 Å². The average Bonchev–Trinajstić information content (AvgIpc) is 3.00. The number of aryl methyl sites for hydroxylation is 1. The largest absolute Gasteiger partial charge is 0.266 e. The Morgan fingerprint density at radius 3 is 2.04 bits per heavy atom. The summed E-state index contributed by atoms with van der Waals surface area (Å²) in [5, 5.41) is 4.57. The molecule has 130 valence electrons. The molecule has 4 nitrogen and oxygen atoms in total. The Balaban J connectivity index is 2.28. The number of hydrogen-bond donors (Lipinski definition) is 0. The van der Waals surface area contributed by atoms with Crippen LogP contribution in [-0.4, -0.2) is 24.0 Å². The van der Waals surface area contributed by atoms with E-state index in [9.17, 15) is 8.42 Å². The monoisotopic (exact) mass is 354 g/mol. The number of sulfone groups is 1. The lowest BCUT2D eigenvalue weighted by atomic mass is 10.1. The normalized spacial score (nSPS) is 11.6. The highest BCUT2D eigenvalue weighted by atomic mass is 32.2. The molecule has 0 fully saturated rings. The second-order valence-corrected chi connectivity index (χ2v) is 8.10. The molecule has 0 amide bonds. The van der Waals surface area contributed by atoms with Crippen molar-refractivity contribution in [3.05, 3.63) is 60.7 Å². The number of aromatic nitrogens is 2. The van der Waals surface area contributed by atoms with E-state index in [2.05, 4.69) is 5.10 Å². The summed E-state index contributed by atoms with van der Waals surface area (Å²) in [7, 11) is -1.64. The number of nitrogens with zero attached hydrogens (tertiary/aromatic N) is 2. The van der Waals surface area contributed by atoms with E-state index in [-0.39, 0.29) is 5.75 Å². The molecule has 0 bridgehead atoms. The molecule has 3 aromatic rings. The van der Waals surface area contributed by atoms with Gasteiger partial charge in [-0.25, -0.2) is 8.42 Å². The van der Waals surface area contributed by atoms with Crippen molar-refractivity contribution in [1.29, 1.82) is 0 Å². The lowest BCUT2D eigenvalue weighted by molar-refractivity contribution is 0.593. The zero-order valence-corrected chi connectivity index (χ0v) is 15.3. The van der Waals surface area contributed by atoms with Gasteiger partial charge < -0.3 is 0 Å². The van der Waals surface area contributed by atoms with Gasteiger partial charge in [0.2, 0.25) is 0 Å². The van der Waals surface area contributed by atoms with Crippen molar-refractivity contribution < 1.29 is 8.42 Å². The fourth-order valence-electron chi connectivity index (χ4n) is 2.93. The van der Waals surface area contributed by atoms with E-state index in [1.165, 1.54) is 0 Å². The zero-order valence-electron chi connectivity index (χ0n) is 14.5. The van der Waals surface area contributed by atoms with Crippen molar-refractivity contribution in [2.75, 3.05) is 5.75 Å². The quantitative estimate of drug-likeness (QED) is 0.662. The minimum atomic E-state index is -3.44. The summed E-state index contributed by atoms with van der Waals surface area (Å²) in [4.78, 5) is 0.334. The second-order valence-electron chi connectivity index (χ2n) is 6.05. The highest BCUT2D eigenvalue weighted by molar-refractivity contribution is 7.91. The molecular weight excluding hydrogens is 332 g/mol. The Kier molecular flexibility index (Phi) is 5.04.